The van der Waals surface area contributed by atoms with E-state index in [1.165, 1.54) is 16.7 Å². The van der Waals surface area contributed by atoms with Gasteiger partial charge in [0.15, 0.2) is 11.0 Å². The highest BCUT2D eigenvalue weighted by molar-refractivity contribution is 7.98. The lowest BCUT2D eigenvalue weighted by Crippen LogP contribution is -2.32. The fourth-order valence-corrected chi connectivity index (χ4v) is 4.91. The number of nitrogens with one attached hydrogen (secondary N) is 2. The number of amides is 2. The van der Waals surface area contributed by atoms with E-state index in [1.54, 1.807) is 11.8 Å². The van der Waals surface area contributed by atoms with Crippen LogP contribution in [-0.4, -0.2) is 20.8 Å². The van der Waals surface area contributed by atoms with Gasteiger partial charge in [0.25, 0.3) is 0 Å². The minimum Gasteiger partial charge on any atom is -0.328 e. The summed E-state index contributed by atoms with van der Waals surface area (Å²) >= 11 is 1.64. The second kappa shape index (κ2) is 11.2. The highest BCUT2D eigenvalue weighted by Gasteiger charge is 2.21. The Bertz CT molecular complexity index is 1300. The largest absolute Gasteiger partial charge is 0.328 e. The maximum absolute atomic E-state index is 12.8. The maximum atomic E-state index is 12.8. The van der Waals surface area contributed by atoms with E-state index in [1.807, 2.05) is 41.8 Å². The third-order valence-electron chi connectivity index (χ3n) is 5.95. The van der Waals surface area contributed by atoms with Crippen LogP contribution < -0.4 is 10.6 Å². The standard InChI is InChI=1S/C28H31N5OS/c1-5-22-11-8-9-13-25(22)30-27(34)29-21(4)26-31-32-28(33(26)24-16-14-19(2)15-17-24)35-18-23-12-7-6-10-20(23)3/h6-17,21H,5,18H2,1-4H3,(H2,29,30,34). The molecule has 2 amide bonds. The summed E-state index contributed by atoms with van der Waals surface area (Å²) < 4.78 is 2.04. The van der Waals surface area contributed by atoms with Gasteiger partial charge in [-0.25, -0.2) is 4.79 Å². The zero-order chi connectivity index (χ0) is 24.8. The molecule has 0 aliphatic heterocycles. The Labute approximate surface area is 211 Å². The first kappa shape index (κ1) is 24.5. The third kappa shape index (κ3) is 5.92. The molecule has 7 heteroatoms. The molecule has 0 saturated heterocycles. The first-order chi connectivity index (χ1) is 17.0. The number of aromatic nitrogens is 3. The maximum Gasteiger partial charge on any atom is 0.319 e. The van der Waals surface area contributed by atoms with E-state index in [4.69, 9.17) is 0 Å². The van der Waals surface area contributed by atoms with E-state index < -0.39 is 0 Å². The average molecular weight is 486 g/mol. The normalized spacial score (nSPS) is 11.8. The second-order valence-electron chi connectivity index (χ2n) is 8.56. The van der Waals surface area contributed by atoms with Crippen molar-refractivity contribution in [3.05, 3.63) is 101 Å². The third-order valence-corrected chi connectivity index (χ3v) is 6.93. The van der Waals surface area contributed by atoms with Crippen molar-refractivity contribution in [3.8, 4) is 5.69 Å². The van der Waals surface area contributed by atoms with Gasteiger partial charge in [-0.15, -0.1) is 10.2 Å². The summed E-state index contributed by atoms with van der Waals surface area (Å²) in [6, 6.07) is 23.8. The lowest BCUT2D eigenvalue weighted by molar-refractivity contribution is 0.248. The molecule has 4 aromatic rings. The summed E-state index contributed by atoms with van der Waals surface area (Å²) in [6.45, 7) is 8.18. The number of thioether (sulfide) groups is 1. The Kier molecular flexibility index (Phi) is 7.87. The number of anilines is 1. The number of rotatable bonds is 8. The van der Waals surface area contributed by atoms with Crippen LogP contribution in [0.3, 0.4) is 0 Å². The van der Waals surface area contributed by atoms with Crippen molar-refractivity contribution in [3.63, 3.8) is 0 Å². The van der Waals surface area contributed by atoms with Gasteiger partial charge < -0.3 is 10.6 Å². The molecule has 0 aliphatic rings. The van der Waals surface area contributed by atoms with E-state index >= 15 is 0 Å². The number of benzene rings is 3. The smallest absolute Gasteiger partial charge is 0.319 e. The highest BCUT2D eigenvalue weighted by atomic mass is 32.2. The minimum absolute atomic E-state index is 0.272. The van der Waals surface area contributed by atoms with Gasteiger partial charge >= 0.3 is 6.03 Å². The van der Waals surface area contributed by atoms with Crippen LogP contribution in [-0.2, 0) is 12.2 Å². The van der Waals surface area contributed by atoms with Crippen LogP contribution in [0.2, 0.25) is 0 Å². The molecule has 0 aliphatic carbocycles. The van der Waals surface area contributed by atoms with E-state index in [9.17, 15) is 4.79 Å². The fourth-order valence-electron chi connectivity index (χ4n) is 3.88. The number of nitrogens with zero attached hydrogens (tertiary/aromatic N) is 3. The molecule has 3 aromatic carbocycles. The van der Waals surface area contributed by atoms with Crippen LogP contribution in [0.5, 0.6) is 0 Å². The van der Waals surface area contributed by atoms with E-state index in [-0.39, 0.29) is 12.1 Å². The molecule has 0 bridgehead atoms. The zero-order valence-corrected chi connectivity index (χ0v) is 21.4. The highest BCUT2D eigenvalue weighted by Crippen LogP contribution is 2.28. The van der Waals surface area contributed by atoms with Gasteiger partial charge in [-0.2, -0.15) is 0 Å². The van der Waals surface area contributed by atoms with Crippen molar-refractivity contribution < 1.29 is 4.79 Å². The predicted octanol–water partition coefficient (Wildman–Crippen LogP) is 6.62. The predicted molar refractivity (Wildman–Crippen MR) is 143 cm³/mol. The van der Waals surface area contributed by atoms with Gasteiger partial charge in [0.05, 0.1) is 6.04 Å². The molecule has 0 radical (unpaired) electrons. The van der Waals surface area contributed by atoms with Crippen molar-refractivity contribution >= 4 is 23.5 Å². The number of carbonyl (C=O) groups is 1. The lowest BCUT2D eigenvalue weighted by atomic mass is 10.1. The van der Waals surface area contributed by atoms with Gasteiger partial charge in [-0.05, 0) is 62.1 Å². The minimum atomic E-state index is -0.356. The molecule has 35 heavy (non-hydrogen) atoms. The number of carbonyl (C=O) groups excluding carboxylic acids is 1. The SMILES string of the molecule is CCc1ccccc1NC(=O)NC(C)c1nnc(SCc2ccccc2C)n1-c1ccc(C)cc1. The Morgan fingerprint density at radius 2 is 1.63 bits per heavy atom. The van der Waals surface area contributed by atoms with Crippen molar-refractivity contribution in [2.75, 3.05) is 5.32 Å². The topological polar surface area (TPSA) is 71.8 Å². The van der Waals surface area contributed by atoms with Crippen LogP contribution in [0.1, 0.15) is 48.0 Å². The molecule has 0 saturated carbocycles. The van der Waals surface area contributed by atoms with Crippen molar-refractivity contribution in [2.45, 2.75) is 51.1 Å². The molecular formula is C28H31N5OS. The molecule has 6 nitrogen and oxygen atoms in total. The lowest BCUT2D eigenvalue weighted by Gasteiger charge is -2.18. The Balaban J connectivity index is 1.58. The molecule has 180 valence electrons. The monoisotopic (exact) mass is 485 g/mol. The van der Waals surface area contributed by atoms with Crippen LogP contribution in [0, 0.1) is 13.8 Å². The van der Waals surface area contributed by atoms with Crippen LogP contribution >= 0.6 is 11.8 Å². The molecule has 1 aromatic heterocycles. The van der Waals surface area contributed by atoms with Gasteiger partial charge in [-0.1, -0.05) is 78.8 Å². The number of hydrogen-bond donors (Lipinski definition) is 2. The summed E-state index contributed by atoms with van der Waals surface area (Å²) in [5.74, 6) is 1.47. The summed E-state index contributed by atoms with van der Waals surface area (Å²) in [7, 11) is 0. The summed E-state index contributed by atoms with van der Waals surface area (Å²) in [5, 5.41) is 15.8. The zero-order valence-electron chi connectivity index (χ0n) is 20.6. The van der Waals surface area contributed by atoms with Crippen LogP contribution in [0.4, 0.5) is 10.5 Å². The molecule has 4 rings (SSSR count). The van der Waals surface area contributed by atoms with Crippen molar-refractivity contribution in [1.29, 1.82) is 0 Å². The number of urea groups is 1. The fraction of sp³-hybridized carbons (Fsp3) is 0.250. The summed E-state index contributed by atoms with van der Waals surface area (Å²) in [4.78, 5) is 12.8. The molecule has 0 fully saturated rings. The number of hydrogen-bond acceptors (Lipinski definition) is 4. The van der Waals surface area contributed by atoms with Crippen LogP contribution in [0.25, 0.3) is 5.69 Å². The van der Waals surface area contributed by atoms with Gasteiger partial charge in [0.1, 0.15) is 0 Å². The van der Waals surface area contributed by atoms with Crippen molar-refractivity contribution in [1.82, 2.24) is 20.1 Å². The first-order valence-corrected chi connectivity index (χ1v) is 12.8. The van der Waals surface area contributed by atoms with Crippen LogP contribution in [0.15, 0.2) is 78.0 Å². The van der Waals surface area contributed by atoms with Crippen molar-refractivity contribution in [2.24, 2.45) is 0 Å². The Hall–Kier alpha value is -3.58. The Morgan fingerprint density at radius 3 is 2.34 bits per heavy atom. The number of aryl methyl sites for hydroxylation is 3. The quantitative estimate of drug-likeness (QED) is 0.275. The number of para-hydroxylation sites is 1. The molecule has 1 unspecified atom stereocenters. The Morgan fingerprint density at radius 1 is 0.943 bits per heavy atom. The van der Waals surface area contributed by atoms with E-state index in [0.717, 1.165) is 34.3 Å². The molecule has 0 spiro atoms. The van der Waals surface area contributed by atoms with E-state index in [0.29, 0.717) is 5.82 Å². The molecule has 1 heterocycles. The van der Waals surface area contributed by atoms with Gasteiger partial charge in [0.2, 0.25) is 0 Å². The van der Waals surface area contributed by atoms with Gasteiger partial charge in [-0.3, -0.25) is 4.57 Å². The van der Waals surface area contributed by atoms with Gasteiger partial charge in [0, 0.05) is 17.1 Å². The first-order valence-electron chi connectivity index (χ1n) is 11.8. The molecule has 2 N–H and O–H groups in total. The molecule has 1 atom stereocenters. The summed E-state index contributed by atoms with van der Waals surface area (Å²) in [5.41, 5.74) is 6.56. The summed E-state index contributed by atoms with van der Waals surface area (Å²) in [6.07, 6.45) is 0.842. The van der Waals surface area contributed by atoms with E-state index in [2.05, 4.69) is 84.1 Å². The second-order valence-corrected chi connectivity index (χ2v) is 9.50. The average Bonchev–Trinajstić information content (AvgIpc) is 3.28. The molecular weight excluding hydrogens is 454 g/mol.